The number of carbonyl (C=O) groups is 1. The molecule has 2 aliphatic heterocycles. The maximum atomic E-state index is 12.3. The lowest BCUT2D eigenvalue weighted by Crippen LogP contribution is -2.35. The van der Waals surface area contributed by atoms with E-state index in [0.717, 1.165) is 30.7 Å². The van der Waals surface area contributed by atoms with Crippen LogP contribution in [0.5, 0.6) is 0 Å². The van der Waals surface area contributed by atoms with Crippen LogP contribution in [0.4, 0.5) is 23.8 Å². The molecule has 3 heterocycles. The Bertz CT molecular complexity index is 568. The Labute approximate surface area is 138 Å². The molecule has 0 radical (unpaired) electrons. The highest BCUT2D eigenvalue weighted by Crippen LogP contribution is 2.21. The fourth-order valence-corrected chi connectivity index (χ4v) is 3.39. The molecule has 9 heteroatoms. The van der Waals surface area contributed by atoms with Crippen LogP contribution in [0.3, 0.4) is 0 Å². The van der Waals surface area contributed by atoms with Crippen molar-refractivity contribution in [3.05, 3.63) is 12.3 Å². The highest BCUT2D eigenvalue weighted by atomic mass is 19.4. The second-order valence-electron chi connectivity index (χ2n) is 6.55. The molecular formula is C15H22F3N5O. The molecule has 2 aliphatic rings. The molecule has 1 aromatic heterocycles. The molecule has 0 aromatic carbocycles. The van der Waals surface area contributed by atoms with Crippen LogP contribution in [0, 0.1) is 5.92 Å². The molecule has 134 valence electrons. The van der Waals surface area contributed by atoms with Crippen molar-refractivity contribution >= 4 is 11.8 Å². The van der Waals surface area contributed by atoms with Crippen LogP contribution < -0.4 is 5.32 Å². The summed E-state index contributed by atoms with van der Waals surface area (Å²) in [6, 6.07) is 1.08. The van der Waals surface area contributed by atoms with Crippen LogP contribution in [0.25, 0.3) is 0 Å². The zero-order valence-corrected chi connectivity index (χ0v) is 13.4. The van der Waals surface area contributed by atoms with Gasteiger partial charge in [0, 0.05) is 31.9 Å². The maximum absolute atomic E-state index is 12.3. The summed E-state index contributed by atoms with van der Waals surface area (Å²) in [5.74, 6) is 0.615. The smallest absolute Gasteiger partial charge is 0.324 e. The largest absolute Gasteiger partial charge is 0.408 e. The number of halogens is 3. The molecule has 0 spiro atoms. The highest BCUT2D eigenvalue weighted by Gasteiger charge is 2.30. The van der Waals surface area contributed by atoms with Crippen LogP contribution >= 0.6 is 0 Å². The molecule has 1 aromatic rings. The summed E-state index contributed by atoms with van der Waals surface area (Å²) in [6.45, 7) is 3.49. The van der Waals surface area contributed by atoms with E-state index in [2.05, 4.69) is 15.3 Å². The molecule has 0 bridgehead atoms. The van der Waals surface area contributed by atoms with Crippen LogP contribution in [0.15, 0.2) is 12.3 Å². The van der Waals surface area contributed by atoms with Crippen molar-refractivity contribution in [2.75, 3.05) is 38.0 Å². The Balaban J connectivity index is 1.47. The van der Waals surface area contributed by atoms with E-state index in [1.807, 2.05) is 0 Å². The lowest BCUT2D eigenvalue weighted by atomic mass is 10.1. The number of hydrogen-bond acceptors (Lipinski definition) is 3. The molecule has 2 saturated heterocycles. The molecule has 1 atom stereocenters. The lowest BCUT2D eigenvalue weighted by molar-refractivity contribution is -0.142. The molecule has 2 amide bonds. The van der Waals surface area contributed by atoms with Gasteiger partial charge in [-0.1, -0.05) is 0 Å². The first kappa shape index (κ1) is 17.1. The Morgan fingerprint density at radius 1 is 1.29 bits per heavy atom. The van der Waals surface area contributed by atoms with Gasteiger partial charge in [0.25, 0.3) is 0 Å². The minimum Gasteiger partial charge on any atom is -0.324 e. The van der Waals surface area contributed by atoms with Gasteiger partial charge in [0.1, 0.15) is 6.54 Å². The van der Waals surface area contributed by atoms with Crippen molar-refractivity contribution in [3.63, 3.8) is 0 Å². The van der Waals surface area contributed by atoms with Crippen LogP contribution in [0.2, 0.25) is 0 Å². The maximum Gasteiger partial charge on any atom is 0.408 e. The van der Waals surface area contributed by atoms with E-state index < -0.39 is 12.7 Å². The number of likely N-dealkylation sites (tertiary alicyclic amines) is 2. The minimum atomic E-state index is -4.33. The summed E-state index contributed by atoms with van der Waals surface area (Å²) in [4.78, 5) is 16.4. The zero-order valence-electron chi connectivity index (χ0n) is 13.4. The van der Waals surface area contributed by atoms with Crippen molar-refractivity contribution in [2.45, 2.75) is 32.0 Å². The first-order chi connectivity index (χ1) is 11.4. The van der Waals surface area contributed by atoms with Crippen LogP contribution in [-0.4, -0.2) is 64.5 Å². The number of amides is 2. The van der Waals surface area contributed by atoms with Gasteiger partial charge >= 0.3 is 12.2 Å². The van der Waals surface area contributed by atoms with Gasteiger partial charge in [0.15, 0.2) is 5.82 Å². The molecule has 24 heavy (non-hydrogen) atoms. The van der Waals surface area contributed by atoms with Gasteiger partial charge in [-0.2, -0.15) is 18.3 Å². The first-order valence-corrected chi connectivity index (χ1v) is 8.27. The average molecular weight is 345 g/mol. The van der Waals surface area contributed by atoms with Crippen molar-refractivity contribution in [1.29, 1.82) is 0 Å². The fourth-order valence-electron chi connectivity index (χ4n) is 3.39. The van der Waals surface area contributed by atoms with Gasteiger partial charge in [0.2, 0.25) is 0 Å². The number of aromatic nitrogens is 2. The van der Waals surface area contributed by atoms with Crippen molar-refractivity contribution in [3.8, 4) is 0 Å². The number of rotatable bonds is 4. The summed E-state index contributed by atoms with van der Waals surface area (Å²) in [5, 5.41) is 6.32. The number of alkyl halides is 3. The van der Waals surface area contributed by atoms with E-state index in [-0.39, 0.29) is 11.8 Å². The predicted molar refractivity (Wildman–Crippen MR) is 82.7 cm³/mol. The number of carbonyl (C=O) groups excluding carboxylic acids is 1. The molecule has 0 saturated carbocycles. The second-order valence-corrected chi connectivity index (χ2v) is 6.55. The predicted octanol–water partition coefficient (Wildman–Crippen LogP) is 2.40. The number of anilines is 1. The van der Waals surface area contributed by atoms with Gasteiger partial charge in [-0.05, 0) is 38.3 Å². The summed E-state index contributed by atoms with van der Waals surface area (Å²) >= 11 is 0. The Morgan fingerprint density at radius 2 is 2.04 bits per heavy atom. The molecular weight excluding hydrogens is 323 g/mol. The van der Waals surface area contributed by atoms with Gasteiger partial charge in [-0.3, -0.25) is 10.00 Å². The quantitative estimate of drug-likeness (QED) is 0.912. The van der Waals surface area contributed by atoms with Gasteiger partial charge in [-0.15, -0.1) is 0 Å². The Kier molecular flexibility index (Phi) is 4.98. The topological polar surface area (TPSA) is 53.4 Å². The fraction of sp³-hybridized carbons (Fsp3) is 0.733. The van der Waals surface area contributed by atoms with Crippen LogP contribution in [0.1, 0.15) is 19.3 Å². The third kappa shape index (κ3) is 4.62. The van der Waals surface area contributed by atoms with E-state index in [4.69, 9.17) is 0 Å². The summed E-state index contributed by atoms with van der Waals surface area (Å²) < 4.78 is 37.7. The third-order valence-corrected chi connectivity index (χ3v) is 4.51. The van der Waals surface area contributed by atoms with Crippen molar-refractivity contribution < 1.29 is 18.0 Å². The summed E-state index contributed by atoms with van der Waals surface area (Å²) in [5.41, 5.74) is 0. The summed E-state index contributed by atoms with van der Waals surface area (Å²) in [7, 11) is 0. The van der Waals surface area contributed by atoms with E-state index in [1.54, 1.807) is 4.90 Å². The lowest BCUT2D eigenvalue weighted by Gasteiger charge is -2.20. The van der Waals surface area contributed by atoms with E-state index in [1.165, 1.54) is 25.1 Å². The van der Waals surface area contributed by atoms with Crippen molar-refractivity contribution in [2.24, 2.45) is 5.92 Å². The van der Waals surface area contributed by atoms with Gasteiger partial charge in [-0.25, -0.2) is 4.79 Å². The van der Waals surface area contributed by atoms with Gasteiger partial charge in [0.05, 0.1) is 0 Å². The summed E-state index contributed by atoms with van der Waals surface area (Å²) in [6.07, 6.45) is 0.343. The average Bonchev–Trinajstić information content (AvgIpc) is 3.20. The van der Waals surface area contributed by atoms with E-state index in [9.17, 15) is 18.0 Å². The van der Waals surface area contributed by atoms with E-state index in [0.29, 0.717) is 19.0 Å². The first-order valence-electron chi connectivity index (χ1n) is 8.27. The number of urea groups is 1. The standard InChI is InChI=1S/C15H22F3N5O/c16-15(17,18)11-23-8-4-13(20-23)19-14(24)22-7-3-12(10-22)9-21-5-1-2-6-21/h4,8,12H,1-3,5-7,9-11H2,(H,19,20,24). The van der Waals surface area contributed by atoms with Gasteiger partial charge < -0.3 is 9.80 Å². The molecule has 2 fully saturated rings. The van der Waals surface area contributed by atoms with Crippen molar-refractivity contribution in [1.82, 2.24) is 19.6 Å². The molecule has 3 rings (SSSR count). The number of nitrogens with one attached hydrogen (secondary N) is 1. The molecule has 1 N–H and O–H groups in total. The number of nitrogens with zero attached hydrogens (tertiary/aromatic N) is 4. The molecule has 1 unspecified atom stereocenters. The number of hydrogen-bond donors (Lipinski definition) is 1. The third-order valence-electron chi connectivity index (χ3n) is 4.51. The monoisotopic (exact) mass is 345 g/mol. The molecule has 0 aliphatic carbocycles. The zero-order chi connectivity index (χ0) is 17.2. The highest BCUT2D eigenvalue weighted by molar-refractivity contribution is 5.88. The Morgan fingerprint density at radius 3 is 2.75 bits per heavy atom. The second kappa shape index (κ2) is 7.00. The van der Waals surface area contributed by atoms with Crippen LogP contribution in [-0.2, 0) is 6.54 Å². The minimum absolute atomic E-state index is 0.146. The normalized spacial score (nSPS) is 22.3. The SMILES string of the molecule is O=C(Nc1ccn(CC(F)(F)F)n1)N1CCC(CN2CCCC2)C1. The van der Waals surface area contributed by atoms with E-state index >= 15 is 0 Å². The Hall–Kier alpha value is -1.77. The molecule has 6 nitrogen and oxygen atoms in total.